The minimum Gasteiger partial charge on any atom is -0.380 e. The molecule has 0 spiro atoms. The van der Waals surface area contributed by atoms with Crippen molar-refractivity contribution in [3.63, 3.8) is 0 Å². The average Bonchev–Trinajstić information content (AvgIpc) is 2.62. The molecule has 1 aromatic heterocycles. The van der Waals surface area contributed by atoms with E-state index < -0.39 is 10.0 Å². The van der Waals surface area contributed by atoms with Crippen LogP contribution in [0.1, 0.15) is 16.7 Å². The van der Waals surface area contributed by atoms with Crippen LogP contribution in [0.15, 0.2) is 71.8 Å². The van der Waals surface area contributed by atoms with Gasteiger partial charge in [0.05, 0.1) is 16.8 Å². The highest BCUT2D eigenvalue weighted by Crippen LogP contribution is 2.19. The van der Waals surface area contributed by atoms with E-state index in [4.69, 9.17) is 0 Å². The molecule has 0 atom stereocenters. The van der Waals surface area contributed by atoms with Gasteiger partial charge in [0.15, 0.2) is 0 Å². The summed E-state index contributed by atoms with van der Waals surface area (Å²) in [4.78, 5) is 4.45. The molecule has 0 aliphatic rings. The number of nitrogens with one attached hydrogen (secondary N) is 2. The van der Waals surface area contributed by atoms with Gasteiger partial charge in [0.2, 0.25) is 0 Å². The van der Waals surface area contributed by atoms with Crippen molar-refractivity contribution < 1.29 is 8.42 Å². The maximum Gasteiger partial charge on any atom is 0.263 e. The maximum absolute atomic E-state index is 12.5. The van der Waals surface area contributed by atoms with E-state index in [1.165, 1.54) is 11.1 Å². The number of sulfonamides is 1. The Labute approximate surface area is 154 Å². The second-order valence-corrected chi connectivity index (χ2v) is 7.79. The van der Waals surface area contributed by atoms with E-state index in [1.807, 2.05) is 0 Å². The molecule has 0 saturated carbocycles. The largest absolute Gasteiger partial charge is 0.380 e. The molecule has 0 aliphatic heterocycles. The second-order valence-electron chi connectivity index (χ2n) is 6.14. The smallest absolute Gasteiger partial charge is 0.263 e. The summed E-state index contributed by atoms with van der Waals surface area (Å²) < 4.78 is 27.5. The van der Waals surface area contributed by atoms with Gasteiger partial charge in [0.25, 0.3) is 10.0 Å². The molecular weight excluding hydrogens is 346 g/mol. The van der Waals surface area contributed by atoms with Gasteiger partial charge in [-0.15, -0.1) is 0 Å². The van der Waals surface area contributed by atoms with Crippen LogP contribution in [0.25, 0.3) is 0 Å². The first-order chi connectivity index (χ1) is 12.4. The highest BCUT2D eigenvalue weighted by molar-refractivity contribution is 7.92. The molecule has 0 aliphatic carbocycles. The van der Waals surface area contributed by atoms with E-state index in [2.05, 4.69) is 46.2 Å². The van der Waals surface area contributed by atoms with Crippen molar-refractivity contribution in [1.82, 2.24) is 4.98 Å². The Morgan fingerprint density at radius 2 is 1.65 bits per heavy atom. The van der Waals surface area contributed by atoms with Crippen LogP contribution in [0.5, 0.6) is 0 Å². The highest BCUT2D eigenvalue weighted by Gasteiger charge is 2.16. The number of hydrogen-bond donors (Lipinski definition) is 2. The molecule has 0 fully saturated rings. The molecule has 2 aromatic carbocycles. The van der Waals surface area contributed by atoms with Crippen LogP contribution < -0.4 is 10.0 Å². The van der Waals surface area contributed by atoms with E-state index >= 15 is 0 Å². The number of pyridine rings is 1. The molecule has 3 aromatic rings. The zero-order valence-corrected chi connectivity index (χ0v) is 15.5. The fraction of sp³-hybridized carbons (Fsp3) is 0.150. The third-order valence-corrected chi connectivity index (χ3v) is 5.52. The Hall–Kier alpha value is -2.86. The fourth-order valence-corrected chi connectivity index (χ4v) is 3.78. The third-order valence-electron chi connectivity index (χ3n) is 4.00. The lowest BCUT2D eigenvalue weighted by Gasteiger charge is -2.11. The highest BCUT2D eigenvalue weighted by atomic mass is 32.2. The van der Waals surface area contributed by atoms with Gasteiger partial charge in [-0.2, -0.15) is 0 Å². The van der Waals surface area contributed by atoms with Gasteiger partial charge in [-0.3, -0.25) is 4.72 Å². The number of aromatic nitrogens is 1. The summed E-state index contributed by atoms with van der Waals surface area (Å²) in [5.41, 5.74) is 3.90. The topological polar surface area (TPSA) is 71.1 Å². The molecule has 5 nitrogen and oxygen atoms in total. The Balaban J connectivity index is 1.66. The van der Waals surface area contributed by atoms with E-state index in [9.17, 15) is 8.42 Å². The van der Waals surface area contributed by atoms with Gasteiger partial charge in [-0.05, 0) is 43.2 Å². The predicted molar refractivity (Wildman–Crippen MR) is 105 cm³/mol. The SMILES string of the molecule is Cc1ccc(CNc2ccc(NS(=O)(=O)c3ccccc3C)nc2)cc1. The van der Waals surface area contributed by atoms with Crippen molar-refractivity contribution in [1.29, 1.82) is 0 Å². The van der Waals surface area contributed by atoms with Gasteiger partial charge in [0.1, 0.15) is 5.82 Å². The standard InChI is InChI=1S/C20H21N3O2S/c1-15-7-9-17(10-8-15)13-21-18-11-12-20(22-14-18)23-26(24,25)19-6-4-3-5-16(19)2/h3-12,14,21H,13H2,1-2H3,(H,22,23). The molecule has 1 heterocycles. The molecule has 134 valence electrons. The predicted octanol–water partition coefficient (Wildman–Crippen LogP) is 4.11. The molecule has 0 unspecified atom stereocenters. The molecule has 0 bridgehead atoms. The molecular formula is C20H21N3O2S. The van der Waals surface area contributed by atoms with E-state index in [0.717, 1.165) is 5.69 Å². The van der Waals surface area contributed by atoms with Crippen molar-refractivity contribution in [3.8, 4) is 0 Å². The minimum atomic E-state index is -3.65. The summed E-state index contributed by atoms with van der Waals surface area (Å²) in [5.74, 6) is 0.286. The third kappa shape index (κ3) is 4.40. The zero-order valence-electron chi connectivity index (χ0n) is 14.7. The maximum atomic E-state index is 12.5. The number of anilines is 2. The normalized spacial score (nSPS) is 11.2. The summed E-state index contributed by atoms with van der Waals surface area (Å²) in [6.45, 7) is 4.49. The zero-order chi connectivity index (χ0) is 18.6. The van der Waals surface area contributed by atoms with Crippen LogP contribution in [0.2, 0.25) is 0 Å². The minimum absolute atomic E-state index is 0.253. The van der Waals surface area contributed by atoms with Gasteiger partial charge >= 0.3 is 0 Å². The van der Waals surface area contributed by atoms with Crippen LogP contribution >= 0.6 is 0 Å². The average molecular weight is 367 g/mol. The number of rotatable bonds is 6. The molecule has 2 N–H and O–H groups in total. The summed E-state index contributed by atoms with van der Waals surface area (Å²) in [6.07, 6.45) is 1.61. The Morgan fingerprint density at radius 3 is 2.31 bits per heavy atom. The van der Waals surface area contributed by atoms with Crippen LogP contribution in [0, 0.1) is 13.8 Å². The summed E-state index contributed by atoms with van der Waals surface area (Å²) in [7, 11) is -3.65. The van der Waals surface area contributed by atoms with E-state index in [-0.39, 0.29) is 10.7 Å². The van der Waals surface area contributed by atoms with Crippen LogP contribution in [-0.4, -0.2) is 13.4 Å². The van der Waals surface area contributed by atoms with Crippen molar-refractivity contribution in [2.24, 2.45) is 0 Å². The first kappa shape index (κ1) is 17.9. The Kier molecular flexibility index (Phi) is 5.23. The summed E-state index contributed by atoms with van der Waals surface area (Å²) >= 11 is 0. The van der Waals surface area contributed by atoms with E-state index in [0.29, 0.717) is 12.1 Å². The van der Waals surface area contributed by atoms with Gasteiger partial charge in [-0.1, -0.05) is 48.0 Å². The van der Waals surface area contributed by atoms with Crippen molar-refractivity contribution >= 4 is 21.5 Å². The molecule has 0 saturated heterocycles. The Bertz CT molecular complexity index is 982. The first-order valence-electron chi connectivity index (χ1n) is 8.28. The van der Waals surface area contributed by atoms with E-state index in [1.54, 1.807) is 49.5 Å². The van der Waals surface area contributed by atoms with Crippen LogP contribution in [0.3, 0.4) is 0 Å². The van der Waals surface area contributed by atoms with Gasteiger partial charge in [-0.25, -0.2) is 13.4 Å². The number of benzene rings is 2. The van der Waals surface area contributed by atoms with Crippen molar-refractivity contribution in [3.05, 3.63) is 83.6 Å². The summed E-state index contributed by atoms with van der Waals surface area (Å²) in [5, 5.41) is 3.27. The lowest BCUT2D eigenvalue weighted by atomic mass is 10.1. The number of aryl methyl sites for hydroxylation is 2. The molecule has 6 heteroatoms. The fourth-order valence-electron chi connectivity index (χ4n) is 2.52. The lowest BCUT2D eigenvalue weighted by molar-refractivity contribution is 0.600. The van der Waals surface area contributed by atoms with Crippen LogP contribution in [-0.2, 0) is 16.6 Å². The first-order valence-corrected chi connectivity index (χ1v) is 9.76. The molecule has 0 radical (unpaired) electrons. The van der Waals surface area contributed by atoms with Gasteiger partial charge < -0.3 is 5.32 Å². The van der Waals surface area contributed by atoms with Gasteiger partial charge in [0, 0.05) is 6.54 Å². The quantitative estimate of drug-likeness (QED) is 0.688. The number of hydrogen-bond acceptors (Lipinski definition) is 4. The molecule has 26 heavy (non-hydrogen) atoms. The van der Waals surface area contributed by atoms with Crippen LogP contribution in [0.4, 0.5) is 11.5 Å². The lowest BCUT2D eigenvalue weighted by Crippen LogP contribution is -2.15. The molecule has 3 rings (SSSR count). The van der Waals surface area contributed by atoms with Crippen molar-refractivity contribution in [2.45, 2.75) is 25.3 Å². The second kappa shape index (κ2) is 7.58. The number of nitrogens with zero attached hydrogens (tertiary/aromatic N) is 1. The van der Waals surface area contributed by atoms with Crippen molar-refractivity contribution in [2.75, 3.05) is 10.0 Å². The Morgan fingerprint density at radius 1 is 0.923 bits per heavy atom. The summed E-state index contributed by atoms with van der Waals surface area (Å²) in [6, 6.07) is 18.6. The monoisotopic (exact) mass is 367 g/mol. The molecule has 0 amide bonds.